The zero-order valence-electron chi connectivity index (χ0n) is 13.0. The van der Waals surface area contributed by atoms with Gasteiger partial charge in [0.2, 0.25) is 15.9 Å². The highest BCUT2D eigenvalue weighted by molar-refractivity contribution is 7.92. The van der Waals surface area contributed by atoms with E-state index in [1.54, 1.807) is 18.2 Å². The number of nitrogens with one attached hydrogen (secondary N) is 1. The number of amides is 1. The number of nitriles is 1. The van der Waals surface area contributed by atoms with Crippen molar-refractivity contribution in [3.63, 3.8) is 0 Å². The molecule has 0 fully saturated rings. The first kappa shape index (κ1) is 19.1. The van der Waals surface area contributed by atoms with Gasteiger partial charge in [-0.1, -0.05) is 29.3 Å². The number of carbonyl (C=O) groups excluding carboxylic acids is 1. The number of anilines is 2. The fourth-order valence-electron chi connectivity index (χ4n) is 2.06. The topological polar surface area (TPSA) is 90.3 Å². The average molecular weight is 398 g/mol. The number of sulfonamides is 1. The minimum Gasteiger partial charge on any atom is -0.324 e. The summed E-state index contributed by atoms with van der Waals surface area (Å²) in [6.45, 7) is -0.490. The molecular formula is C16H13Cl2N3O3S. The van der Waals surface area contributed by atoms with E-state index in [2.05, 4.69) is 5.32 Å². The maximum absolute atomic E-state index is 12.3. The Morgan fingerprint density at radius 3 is 2.60 bits per heavy atom. The molecule has 0 radical (unpaired) electrons. The summed E-state index contributed by atoms with van der Waals surface area (Å²) in [6.07, 6.45) is 0.966. The van der Waals surface area contributed by atoms with Crippen LogP contribution in [0.25, 0.3) is 0 Å². The molecule has 6 nitrogen and oxygen atoms in total. The highest BCUT2D eigenvalue weighted by atomic mass is 35.5. The molecular weight excluding hydrogens is 385 g/mol. The van der Waals surface area contributed by atoms with Crippen molar-refractivity contribution in [3.05, 3.63) is 58.1 Å². The molecule has 0 spiro atoms. The molecule has 1 amide bonds. The molecule has 0 atom stereocenters. The fourth-order valence-corrected chi connectivity index (χ4v) is 3.35. The van der Waals surface area contributed by atoms with Gasteiger partial charge < -0.3 is 5.32 Å². The van der Waals surface area contributed by atoms with Gasteiger partial charge in [-0.2, -0.15) is 5.26 Å². The van der Waals surface area contributed by atoms with Crippen LogP contribution in [0.1, 0.15) is 5.56 Å². The van der Waals surface area contributed by atoms with E-state index in [4.69, 9.17) is 28.5 Å². The molecule has 130 valence electrons. The van der Waals surface area contributed by atoms with E-state index in [0.29, 0.717) is 11.3 Å². The Kier molecular flexibility index (Phi) is 5.90. The molecule has 25 heavy (non-hydrogen) atoms. The van der Waals surface area contributed by atoms with E-state index in [1.165, 1.54) is 24.3 Å². The first-order chi connectivity index (χ1) is 11.7. The number of hydrogen-bond donors (Lipinski definition) is 1. The van der Waals surface area contributed by atoms with E-state index < -0.39 is 22.5 Å². The lowest BCUT2D eigenvalue weighted by Crippen LogP contribution is -2.37. The lowest BCUT2D eigenvalue weighted by molar-refractivity contribution is -0.114. The van der Waals surface area contributed by atoms with Crippen molar-refractivity contribution in [2.24, 2.45) is 0 Å². The Morgan fingerprint density at radius 2 is 1.96 bits per heavy atom. The number of halogens is 2. The van der Waals surface area contributed by atoms with E-state index in [0.717, 1.165) is 10.6 Å². The zero-order valence-corrected chi connectivity index (χ0v) is 15.4. The minimum absolute atomic E-state index is 0.109. The summed E-state index contributed by atoms with van der Waals surface area (Å²) in [5.41, 5.74) is 0.864. The summed E-state index contributed by atoms with van der Waals surface area (Å²) in [4.78, 5) is 12.3. The molecule has 0 aliphatic carbocycles. The molecule has 0 aromatic heterocycles. The summed E-state index contributed by atoms with van der Waals surface area (Å²) in [7, 11) is -3.78. The van der Waals surface area contributed by atoms with Gasteiger partial charge >= 0.3 is 0 Å². The van der Waals surface area contributed by atoms with Crippen molar-refractivity contribution in [3.8, 4) is 6.07 Å². The second kappa shape index (κ2) is 7.74. The van der Waals surface area contributed by atoms with Crippen LogP contribution in [-0.4, -0.2) is 27.1 Å². The van der Waals surface area contributed by atoms with Crippen LogP contribution in [0, 0.1) is 11.3 Å². The van der Waals surface area contributed by atoms with Crippen molar-refractivity contribution >= 4 is 50.5 Å². The Bertz CT molecular complexity index is 955. The molecule has 1 N–H and O–H groups in total. The molecule has 2 rings (SSSR count). The Balaban J connectivity index is 2.27. The monoisotopic (exact) mass is 397 g/mol. The summed E-state index contributed by atoms with van der Waals surface area (Å²) in [5.74, 6) is -0.587. The predicted molar refractivity (Wildman–Crippen MR) is 98.4 cm³/mol. The SMILES string of the molecule is CS(=O)(=O)N(CC(=O)Nc1cccc(C#N)c1)c1cc(Cl)ccc1Cl. The molecule has 0 saturated heterocycles. The first-order valence-electron chi connectivity index (χ1n) is 6.93. The van der Waals surface area contributed by atoms with Crippen LogP contribution in [0.15, 0.2) is 42.5 Å². The summed E-state index contributed by atoms with van der Waals surface area (Å²) >= 11 is 11.9. The number of rotatable bonds is 5. The maximum Gasteiger partial charge on any atom is 0.245 e. The van der Waals surface area contributed by atoms with E-state index in [-0.39, 0.29) is 15.7 Å². The van der Waals surface area contributed by atoms with E-state index >= 15 is 0 Å². The zero-order chi connectivity index (χ0) is 18.6. The van der Waals surface area contributed by atoms with E-state index in [1.807, 2.05) is 6.07 Å². The lowest BCUT2D eigenvalue weighted by atomic mass is 10.2. The fraction of sp³-hybridized carbons (Fsp3) is 0.125. The van der Waals surface area contributed by atoms with Gasteiger partial charge in [0.25, 0.3) is 0 Å². The van der Waals surface area contributed by atoms with Gasteiger partial charge in [0.05, 0.1) is 28.6 Å². The molecule has 0 aliphatic rings. The van der Waals surface area contributed by atoms with Gasteiger partial charge in [0, 0.05) is 10.7 Å². The largest absolute Gasteiger partial charge is 0.324 e. The van der Waals surface area contributed by atoms with E-state index in [9.17, 15) is 13.2 Å². The number of hydrogen-bond acceptors (Lipinski definition) is 4. The third-order valence-corrected chi connectivity index (χ3v) is 4.82. The molecule has 2 aromatic rings. The smallest absolute Gasteiger partial charge is 0.245 e. The quantitative estimate of drug-likeness (QED) is 0.837. The summed E-state index contributed by atoms with van der Waals surface area (Å²) in [6, 6.07) is 12.6. The van der Waals surface area contributed by atoms with Crippen molar-refractivity contribution in [1.82, 2.24) is 0 Å². The van der Waals surface area contributed by atoms with Crippen LogP contribution in [0.2, 0.25) is 10.0 Å². The number of carbonyl (C=O) groups is 1. The molecule has 0 bridgehead atoms. The molecule has 2 aromatic carbocycles. The highest BCUT2D eigenvalue weighted by Crippen LogP contribution is 2.30. The second-order valence-electron chi connectivity index (χ2n) is 5.11. The average Bonchev–Trinajstić information content (AvgIpc) is 2.54. The first-order valence-corrected chi connectivity index (χ1v) is 9.54. The van der Waals surface area contributed by atoms with Crippen molar-refractivity contribution in [2.45, 2.75) is 0 Å². The van der Waals surface area contributed by atoms with Crippen LogP contribution < -0.4 is 9.62 Å². The summed E-state index contributed by atoms with van der Waals surface area (Å²) in [5, 5.41) is 11.9. The molecule has 0 unspecified atom stereocenters. The number of benzene rings is 2. The Labute approximate surface area is 155 Å². The molecule has 0 heterocycles. The van der Waals surface area contributed by atoms with Crippen molar-refractivity contribution in [2.75, 3.05) is 22.4 Å². The van der Waals surface area contributed by atoms with Gasteiger partial charge in [-0.15, -0.1) is 0 Å². The Morgan fingerprint density at radius 1 is 1.24 bits per heavy atom. The predicted octanol–water partition coefficient (Wildman–Crippen LogP) is 3.27. The summed E-state index contributed by atoms with van der Waals surface area (Å²) < 4.78 is 25.0. The van der Waals surface area contributed by atoms with Gasteiger partial charge in [0.1, 0.15) is 6.54 Å². The lowest BCUT2D eigenvalue weighted by Gasteiger charge is -2.23. The highest BCUT2D eigenvalue weighted by Gasteiger charge is 2.23. The number of nitrogens with zero attached hydrogens (tertiary/aromatic N) is 2. The van der Waals surface area contributed by atoms with Crippen LogP contribution in [0.3, 0.4) is 0 Å². The molecule has 0 saturated carbocycles. The normalized spacial score (nSPS) is 10.8. The van der Waals surface area contributed by atoms with Gasteiger partial charge in [-0.25, -0.2) is 8.42 Å². The third kappa shape index (κ3) is 5.10. The maximum atomic E-state index is 12.3. The van der Waals surface area contributed by atoms with Crippen molar-refractivity contribution < 1.29 is 13.2 Å². The van der Waals surface area contributed by atoms with Gasteiger partial charge in [-0.3, -0.25) is 9.10 Å². The van der Waals surface area contributed by atoms with Crippen LogP contribution >= 0.6 is 23.2 Å². The van der Waals surface area contributed by atoms with Crippen molar-refractivity contribution in [1.29, 1.82) is 5.26 Å². The van der Waals surface area contributed by atoms with Crippen LogP contribution in [0.4, 0.5) is 11.4 Å². The molecule has 9 heteroatoms. The van der Waals surface area contributed by atoms with Gasteiger partial charge in [0.15, 0.2) is 0 Å². The van der Waals surface area contributed by atoms with Crippen LogP contribution in [-0.2, 0) is 14.8 Å². The van der Waals surface area contributed by atoms with Crippen LogP contribution in [0.5, 0.6) is 0 Å². The molecule has 0 aliphatic heterocycles. The Hall–Kier alpha value is -2.27. The second-order valence-corrected chi connectivity index (χ2v) is 7.86. The minimum atomic E-state index is -3.78. The standard InChI is InChI=1S/C16H13Cl2N3O3S/c1-25(23,24)21(15-8-12(17)5-6-14(15)18)10-16(22)20-13-4-2-3-11(7-13)9-19/h2-8H,10H2,1H3,(H,20,22). The van der Waals surface area contributed by atoms with Gasteiger partial charge in [-0.05, 0) is 36.4 Å². The third-order valence-electron chi connectivity index (χ3n) is 3.14.